The quantitative estimate of drug-likeness (QED) is 0.449. The Labute approximate surface area is 175 Å². The average Bonchev–Trinajstić information content (AvgIpc) is 3.09. The molecule has 0 spiro atoms. The molecule has 3 aromatic heterocycles. The summed E-state index contributed by atoms with van der Waals surface area (Å²) in [5, 5.41) is 4.84. The lowest BCUT2D eigenvalue weighted by molar-refractivity contribution is 0.102. The van der Waals surface area contributed by atoms with Gasteiger partial charge in [0.1, 0.15) is 15.9 Å². The molecule has 0 fully saturated rings. The largest absolute Gasteiger partial charge is 0.380 e. The zero-order chi connectivity index (χ0) is 20.2. The maximum Gasteiger partial charge on any atom is 0.266 e. The number of nitrogens with one attached hydrogen (secondary N) is 1. The summed E-state index contributed by atoms with van der Waals surface area (Å²) in [4.78, 5) is 22.0. The molecule has 5 nitrogen and oxygen atoms in total. The van der Waals surface area contributed by atoms with Gasteiger partial charge < -0.3 is 10.1 Å². The maximum absolute atomic E-state index is 14.3. The van der Waals surface area contributed by atoms with Crippen LogP contribution < -0.4 is 5.32 Å². The molecular weight excluding hydrogens is 409 g/mol. The molecule has 1 aromatic carbocycles. The number of ether oxygens (including phenoxy) is 1. The van der Waals surface area contributed by atoms with Crippen LogP contribution in [0.25, 0.3) is 10.1 Å². The lowest BCUT2D eigenvalue weighted by Gasteiger charge is -2.07. The second-order valence-electron chi connectivity index (χ2n) is 6.06. The molecule has 4 rings (SSSR count). The number of hydrogen-bond donors (Lipinski definition) is 1. The van der Waals surface area contributed by atoms with Gasteiger partial charge in [0.15, 0.2) is 0 Å². The number of pyridine rings is 2. The van der Waals surface area contributed by atoms with Gasteiger partial charge in [-0.25, -0.2) is 14.4 Å². The summed E-state index contributed by atoms with van der Waals surface area (Å²) >= 11 is 2.65. The molecule has 3 heterocycles. The van der Waals surface area contributed by atoms with Gasteiger partial charge in [0, 0.05) is 40.8 Å². The smallest absolute Gasteiger partial charge is 0.266 e. The zero-order valence-corrected chi connectivity index (χ0v) is 17.0. The zero-order valence-electron chi connectivity index (χ0n) is 15.4. The first kappa shape index (κ1) is 19.5. The molecule has 0 bridgehead atoms. The highest BCUT2D eigenvalue weighted by Crippen LogP contribution is 2.34. The highest BCUT2D eigenvalue weighted by atomic mass is 32.2. The summed E-state index contributed by atoms with van der Waals surface area (Å²) < 4.78 is 20.3. The van der Waals surface area contributed by atoms with Crippen molar-refractivity contribution in [1.29, 1.82) is 0 Å². The minimum Gasteiger partial charge on any atom is -0.380 e. The van der Waals surface area contributed by atoms with Gasteiger partial charge in [-0.2, -0.15) is 0 Å². The van der Waals surface area contributed by atoms with Crippen LogP contribution in [0.4, 0.5) is 10.1 Å². The van der Waals surface area contributed by atoms with Crippen LogP contribution in [-0.4, -0.2) is 23.0 Å². The van der Waals surface area contributed by atoms with E-state index in [2.05, 4.69) is 15.3 Å². The van der Waals surface area contributed by atoms with Gasteiger partial charge in [-0.1, -0.05) is 23.9 Å². The van der Waals surface area contributed by atoms with Crippen LogP contribution in [0.1, 0.15) is 15.2 Å². The first-order valence-electron chi connectivity index (χ1n) is 8.71. The third-order valence-electron chi connectivity index (χ3n) is 4.10. The van der Waals surface area contributed by atoms with Crippen molar-refractivity contribution in [3.05, 3.63) is 77.2 Å². The van der Waals surface area contributed by atoms with Crippen molar-refractivity contribution in [2.24, 2.45) is 0 Å². The van der Waals surface area contributed by atoms with Crippen LogP contribution in [-0.2, 0) is 11.3 Å². The van der Waals surface area contributed by atoms with Crippen molar-refractivity contribution < 1.29 is 13.9 Å². The summed E-state index contributed by atoms with van der Waals surface area (Å²) in [7, 11) is 1.52. The third kappa shape index (κ3) is 4.29. The van der Waals surface area contributed by atoms with E-state index < -0.39 is 0 Å². The lowest BCUT2D eigenvalue weighted by Crippen LogP contribution is -2.12. The summed E-state index contributed by atoms with van der Waals surface area (Å²) in [5.41, 5.74) is 1.16. The van der Waals surface area contributed by atoms with E-state index in [0.29, 0.717) is 31.2 Å². The fourth-order valence-electron chi connectivity index (χ4n) is 2.88. The van der Waals surface area contributed by atoms with Gasteiger partial charge in [-0.05, 0) is 36.4 Å². The SMILES string of the molecule is COCc1c(C(=O)Nc2ccnc(Sc3ccccn3)c2)sc2cccc(F)c12. The van der Waals surface area contributed by atoms with Crippen molar-refractivity contribution in [3.63, 3.8) is 0 Å². The van der Waals surface area contributed by atoms with Crippen molar-refractivity contribution >= 4 is 44.8 Å². The molecule has 1 amide bonds. The number of methoxy groups -OCH3 is 1. The number of benzene rings is 1. The van der Waals surface area contributed by atoms with Gasteiger partial charge in [-0.15, -0.1) is 11.3 Å². The molecule has 0 saturated carbocycles. The minimum atomic E-state index is -0.359. The Balaban J connectivity index is 1.61. The second-order valence-corrected chi connectivity index (χ2v) is 8.16. The average molecular weight is 426 g/mol. The minimum absolute atomic E-state index is 0.154. The number of carbonyl (C=O) groups excluding carboxylic acids is 1. The van der Waals surface area contributed by atoms with Crippen LogP contribution in [0, 0.1) is 5.82 Å². The molecule has 29 heavy (non-hydrogen) atoms. The lowest BCUT2D eigenvalue weighted by atomic mass is 10.1. The van der Waals surface area contributed by atoms with E-state index in [1.807, 2.05) is 18.2 Å². The molecule has 0 unspecified atom stereocenters. The first-order chi connectivity index (χ1) is 14.2. The Bertz CT molecular complexity index is 1170. The molecule has 0 aliphatic rings. The molecule has 1 N–H and O–H groups in total. The van der Waals surface area contributed by atoms with Gasteiger partial charge in [-0.3, -0.25) is 4.79 Å². The summed E-state index contributed by atoms with van der Waals surface area (Å²) in [6.45, 7) is 0.154. The number of rotatable bonds is 6. The van der Waals surface area contributed by atoms with Crippen molar-refractivity contribution in [2.75, 3.05) is 12.4 Å². The summed E-state index contributed by atoms with van der Waals surface area (Å²) in [5.74, 6) is -0.666. The van der Waals surface area contributed by atoms with Gasteiger partial charge in [0.2, 0.25) is 0 Å². The Kier molecular flexibility index (Phi) is 5.84. The van der Waals surface area contributed by atoms with Crippen LogP contribution >= 0.6 is 23.1 Å². The number of nitrogens with zero attached hydrogens (tertiary/aromatic N) is 2. The van der Waals surface area contributed by atoms with E-state index in [1.54, 1.807) is 36.7 Å². The molecule has 0 saturated heterocycles. The number of thiophene rings is 1. The molecule has 146 valence electrons. The Hall–Kier alpha value is -2.81. The van der Waals surface area contributed by atoms with Crippen molar-refractivity contribution in [2.45, 2.75) is 16.7 Å². The third-order valence-corrected chi connectivity index (χ3v) is 6.18. The Morgan fingerprint density at radius 1 is 1.14 bits per heavy atom. The number of carbonyl (C=O) groups is 1. The van der Waals surface area contributed by atoms with E-state index in [9.17, 15) is 9.18 Å². The highest BCUT2D eigenvalue weighted by molar-refractivity contribution is 7.99. The van der Waals surface area contributed by atoms with Crippen molar-refractivity contribution in [1.82, 2.24) is 9.97 Å². The Morgan fingerprint density at radius 3 is 2.79 bits per heavy atom. The number of amides is 1. The molecule has 0 radical (unpaired) electrons. The van der Waals surface area contributed by atoms with Crippen molar-refractivity contribution in [3.8, 4) is 0 Å². The van der Waals surface area contributed by atoms with Gasteiger partial charge in [0.25, 0.3) is 5.91 Å². The fraction of sp³-hybridized carbons (Fsp3) is 0.0952. The van der Waals surface area contributed by atoms with E-state index in [-0.39, 0.29) is 18.3 Å². The normalized spacial score (nSPS) is 11.0. The van der Waals surface area contributed by atoms with E-state index in [0.717, 1.165) is 5.03 Å². The molecule has 0 aliphatic carbocycles. The standard InChI is InChI=1S/C21H16FN3O2S2/c1-27-12-14-19-15(22)5-4-6-16(19)28-20(14)21(26)25-13-8-10-24-18(11-13)29-17-7-2-3-9-23-17/h2-11H,12H2,1H3,(H,24,25,26). The predicted molar refractivity (Wildman–Crippen MR) is 113 cm³/mol. The maximum atomic E-state index is 14.3. The molecule has 0 aliphatic heterocycles. The molecule has 0 atom stereocenters. The predicted octanol–water partition coefficient (Wildman–Crippen LogP) is 5.38. The first-order valence-corrected chi connectivity index (χ1v) is 10.3. The fourth-order valence-corrected chi connectivity index (χ4v) is 4.77. The van der Waals surface area contributed by atoms with E-state index >= 15 is 0 Å². The summed E-state index contributed by atoms with van der Waals surface area (Å²) in [6, 6.07) is 14.0. The topological polar surface area (TPSA) is 64.1 Å². The monoisotopic (exact) mass is 425 g/mol. The molecule has 8 heteroatoms. The second kappa shape index (κ2) is 8.69. The number of fused-ring (bicyclic) bond motifs is 1. The van der Waals surface area contributed by atoms with Gasteiger partial charge in [0.05, 0.1) is 11.5 Å². The number of halogens is 1. The Morgan fingerprint density at radius 2 is 2.00 bits per heavy atom. The van der Waals surface area contributed by atoms with E-state index in [1.165, 1.54) is 36.3 Å². The number of anilines is 1. The highest BCUT2D eigenvalue weighted by Gasteiger charge is 2.21. The number of aromatic nitrogens is 2. The van der Waals surface area contributed by atoms with E-state index in [4.69, 9.17) is 4.74 Å². The van der Waals surface area contributed by atoms with Crippen LogP contribution in [0.15, 0.2) is 71.0 Å². The van der Waals surface area contributed by atoms with Crippen LogP contribution in [0.2, 0.25) is 0 Å². The summed E-state index contributed by atoms with van der Waals surface area (Å²) in [6.07, 6.45) is 3.34. The van der Waals surface area contributed by atoms with Crippen LogP contribution in [0.3, 0.4) is 0 Å². The molecule has 4 aromatic rings. The number of hydrogen-bond acceptors (Lipinski definition) is 6. The van der Waals surface area contributed by atoms with Crippen LogP contribution in [0.5, 0.6) is 0 Å². The molecular formula is C21H16FN3O2S2. The van der Waals surface area contributed by atoms with Gasteiger partial charge >= 0.3 is 0 Å².